The van der Waals surface area contributed by atoms with Gasteiger partial charge in [-0.05, 0) is 120 Å². The Bertz CT molecular complexity index is 2830. The van der Waals surface area contributed by atoms with Crippen LogP contribution in [0, 0.1) is 0 Å². The lowest BCUT2D eigenvalue weighted by Crippen LogP contribution is -2.16. The van der Waals surface area contributed by atoms with Crippen molar-refractivity contribution in [3.63, 3.8) is 0 Å². The van der Waals surface area contributed by atoms with Gasteiger partial charge in [0.05, 0.1) is 0 Å². The van der Waals surface area contributed by atoms with Crippen LogP contribution < -0.4 is 4.90 Å². The van der Waals surface area contributed by atoms with Crippen LogP contribution in [0.3, 0.4) is 0 Å². The number of nitrogens with zero attached hydrogens (tertiary/aromatic N) is 1. The maximum atomic E-state index is 2.42. The molecule has 0 unspecified atom stereocenters. The third-order valence-corrected chi connectivity index (χ3v) is 11.7. The van der Waals surface area contributed by atoms with Crippen LogP contribution in [0.15, 0.2) is 212 Å². The Labute approximate surface area is 329 Å². The Balaban J connectivity index is 0.959. The molecule has 0 heterocycles. The molecule has 0 atom stereocenters. The monoisotopic (exact) mass is 715 g/mol. The molecule has 0 saturated carbocycles. The van der Waals surface area contributed by atoms with Crippen molar-refractivity contribution in [3.05, 3.63) is 223 Å². The van der Waals surface area contributed by atoms with Crippen molar-refractivity contribution >= 4 is 27.8 Å². The van der Waals surface area contributed by atoms with Crippen LogP contribution in [0.2, 0.25) is 0 Å². The number of hydrogen-bond acceptors (Lipinski definition) is 1. The van der Waals surface area contributed by atoms with Gasteiger partial charge in [-0.1, -0.05) is 184 Å². The summed E-state index contributed by atoms with van der Waals surface area (Å²) in [4.78, 5) is 2.38. The molecule has 0 saturated heterocycles. The Morgan fingerprint density at radius 1 is 0.304 bits per heavy atom. The van der Waals surface area contributed by atoms with Crippen molar-refractivity contribution in [2.75, 3.05) is 4.90 Å². The van der Waals surface area contributed by atoms with Crippen LogP contribution >= 0.6 is 0 Å². The van der Waals surface area contributed by atoms with Crippen molar-refractivity contribution in [1.82, 2.24) is 0 Å². The molecule has 0 fully saturated rings. The zero-order valence-electron chi connectivity index (χ0n) is 31.7. The normalized spacial score (nSPS) is 12.6. The summed E-state index contributed by atoms with van der Waals surface area (Å²) in [6.07, 6.45) is 0. The van der Waals surface area contributed by atoms with Crippen molar-refractivity contribution in [2.24, 2.45) is 0 Å². The molecule has 1 nitrogen and oxygen atoms in total. The number of hydrogen-bond donors (Lipinski definition) is 0. The zero-order valence-corrected chi connectivity index (χ0v) is 31.7. The van der Waals surface area contributed by atoms with Gasteiger partial charge >= 0.3 is 0 Å². The number of rotatable bonds is 7. The quantitative estimate of drug-likeness (QED) is 0.159. The van der Waals surface area contributed by atoms with Gasteiger partial charge in [0.25, 0.3) is 0 Å². The second-order valence-electron chi connectivity index (χ2n) is 15.4. The van der Waals surface area contributed by atoms with Crippen molar-refractivity contribution in [1.29, 1.82) is 0 Å². The molecule has 0 spiro atoms. The molecule has 1 aliphatic carbocycles. The summed E-state index contributed by atoms with van der Waals surface area (Å²) < 4.78 is 0. The lowest BCUT2D eigenvalue weighted by molar-refractivity contribution is 0.660. The van der Waals surface area contributed by atoms with E-state index in [2.05, 4.69) is 231 Å². The van der Waals surface area contributed by atoms with Crippen LogP contribution in [0.1, 0.15) is 25.0 Å². The fraction of sp³-hybridized carbons (Fsp3) is 0.0545. The molecule has 0 aliphatic heterocycles. The molecule has 56 heavy (non-hydrogen) atoms. The highest BCUT2D eigenvalue weighted by Gasteiger charge is 2.36. The van der Waals surface area contributed by atoms with Crippen LogP contribution in [0.25, 0.3) is 66.4 Å². The van der Waals surface area contributed by atoms with Gasteiger partial charge in [0.15, 0.2) is 0 Å². The molecule has 1 heteroatoms. The molecule has 0 amide bonds. The third kappa shape index (κ3) is 5.90. The van der Waals surface area contributed by atoms with E-state index in [0.29, 0.717) is 0 Å². The lowest BCUT2D eigenvalue weighted by atomic mass is 9.81. The third-order valence-electron chi connectivity index (χ3n) is 11.7. The summed E-state index contributed by atoms with van der Waals surface area (Å²) >= 11 is 0. The van der Waals surface area contributed by atoms with Gasteiger partial charge in [-0.15, -0.1) is 0 Å². The summed E-state index contributed by atoms with van der Waals surface area (Å²) in [5.74, 6) is 0. The van der Waals surface area contributed by atoms with E-state index in [9.17, 15) is 0 Å². The van der Waals surface area contributed by atoms with Gasteiger partial charge in [-0.2, -0.15) is 0 Å². The molecular weight excluding hydrogens is 675 g/mol. The minimum absolute atomic E-state index is 0.169. The molecule has 10 rings (SSSR count). The molecule has 9 aromatic rings. The van der Waals surface area contributed by atoms with Gasteiger partial charge < -0.3 is 4.90 Å². The van der Waals surface area contributed by atoms with Crippen molar-refractivity contribution in [3.8, 4) is 55.6 Å². The summed E-state index contributed by atoms with van der Waals surface area (Å²) in [5, 5.41) is 2.55. The van der Waals surface area contributed by atoms with Crippen LogP contribution in [0.5, 0.6) is 0 Å². The van der Waals surface area contributed by atoms with E-state index in [0.717, 1.165) is 17.1 Å². The predicted octanol–water partition coefficient (Wildman–Crippen LogP) is 15.3. The van der Waals surface area contributed by atoms with E-state index in [1.807, 2.05) is 0 Å². The van der Waals surface area contributed by atoms with Crippen LogP contribution in [0.4, 0.5) is 17.1 Å². The Hall–Kier alpha value is -6.96. The first kappa shape index (κ1) is 33.6. The van der Waals surface area contributed by atoms with Gasteiger partial charge in [-0.25, -0.2) is 0 Å². The molecule has 0 N–H and O–H groups in total. The average Bonchev–Trinajstić information content (AvgIpc) is 3.49. The molecule has 0 aromatic heterocycles. The summed E-state index contributed by atoms with van der Waals surface area (Å²) in [5.41, 5.74) is 18.5. The Morgan fingerprint density at radius 3 is 1.43 bits per heavy atom. The zero-order chi connectivity index (χ0) is 37.6. The van der Waals surface area contributed by atoms with Crippen molar-refractivity contribution in [2.45, 2.75) is 19.3 Å². The predicted molar refractivity (Wildman–Crippen MR) is 238 cm³/mol. The summed E-state index contributed by atoms with van der Waals surface area (Å²) in [6.45, 7) is 4.75. The summed E-state index contributed by atoms with van der Waals surface area (Å²) in [6, 6.07) is 77.4. The second kappa shape index (κ2) is 13.7. The van der Waals surface area contributed by atoms with Gasteiger partial charge in [0, 0.05) is 22.5 Å². The van der Waals surface area contributed by atoms with E-state index in [4.69, 9.17) is 0 Å². The SMILES string of the molecule is CC1(C)c2cc(-c3ccc(-c4cccc5ccccc45)cc3)ccc2-c2ccc(N(c3ccccc3)c3ccc(-c4ccc(-c5ccccc5)cc4)cc3)cc21. The minimum Gasteiger partial charge on any atom is -0.310 e. The van der Waals surface area contributed by atoms with E-state index in [1.165, 1.54) is 77.5 Å². The smallest absolute Gasteiger partial charge is 0.0465 e. The molecule has 9 aromatic carbocycles. The van der Waals surface area contributed by atoms with Crippen LogP contribution in [-0.2, 0) is 5.41 Å². The lowest BCUT2D eigenvalue weighted by Gasteiger charge is -2.28. The minimum atomic E-state index is -0.169. The summed E-state index contributed by atoms with van der Waals surface area (Å²) in [7, 11) is 0. The fourth-order valence-electron chi connectivity index (χ4n) is 8.68. The van der Waals surface area contributed by atoms with E-state index >= 15 is 0 Å². The largest absolute Gasteiger partial charge is 0.310 e. The average molecular weight is 716 g/mol. The van der Waals surface area contributed by atoms with Gasteiger partial charge in [0.1, 0.15) is 0 Å². The first-order chi connectivity index (χ1) is 27.5. The number of fused-ring (bicyclic) bond motifs is 4. The Morgan fingerprint density at radius 2 is 0.750 bits per heavy atom. The Kier molecular flexibility index (Phi) is 8.23. The maximum absolute atomic E-state index is 2.42. The number of para-hydroxylation sites is 1. The first-order valence-corrected chi connectivity index (χ1v) is 19.5. The van der Waals surface area contributed by atoms with E-state index in [-0.39, 0.29) is 5.41 Å². The van der Waals surface area contributed by atoms with Gasteiger partial charge in [0.2, 0.25) is 0 Å². The molecule has 266 valence electrons. The van der Waals surface area contributed by atoms with Crippen molar-refractivity contribution < 1.29 is 0 Å². The fourth-order valence-corrected chi connectivity index (χ4v) is 8.68. The molecule has 1 aliphatic rings. The molecule has 0 bridgehead atoms. The van der Waals surface area contributed by atoms with Gasteiger partial charge in [-0.3, -0.25) is 0 Å². The molecule has 0 radical (unpaired) electrons. The highest BCUT2D eigenvalue weighted by molar-refractivity contribution is 5.97. The van der Waals surface area contributed by atoms with E-state index in [1.54, 1.807) is 0 Å². The van der Waals surface area contributed by atoms with Crippen LogP contribution in [-0.4, -0.2) is 0 Å². The highest BCUT2D eigenvalue weighted by atomic mass is 15.1. The number of benzene rings is 9. The standard InChI is InChI=1S/C55H41N/c1-55(2)53-36-45(42-24-26-44(27-25-42)50-19-11-15-43-14-9-10-18-49(43)50)30-34-51(53)52-35-33-48(37-54(52)55)56(46-16-7-4-8-17-46)47-31-28-41(29-32-47)40-22-20-39(21-23-40)38-12-5-3-6-13-38/h3-37H,1-2H3. The molecular formula is C55H41N. The number of anilines is 3. The van der Waals surface area contributed by atoms with E-state index < -0.39 is 0 Å². The highest BCUT2D eigenvalue weighted by Crippen LogP contribution is 2.51. The second-order valence-corrected chi connectivity index (χ2v) is 15.4. The maximum Gasteiger partial charge on any atom is 0.0465 e. The first-order valence-electron chi connectivity index (χ1n) is 19.5. The topological polar surface area (TPSA) is 3.24 Å².